The number of benzene rings is 1. The quantitative estimate of drug-likeness (QED) is 0.839. The standard InChI is InChI=1S/C17H19N3O3S/c1-12-15(24-13(2)18-12)16(21)19-8-10-20(11-9-19)17(22)23-14-6-4-3-5-7-14/h3-7H,8-11H2,1-2H3. The molecule has 1 aromatic heterocycles. The first-order valence-electron chi connectivity index (χ1n) is 7.79. The number of aromatic nitrogens is 1. The summed E-state index contributed by atoms with van der Waals surface area (Å²) in [6.45, 7) is 5.68. The predicted octanol–water partition coefficient (Wildman–Crippen LogP) is 2.72. The Morgan fingerprint density at radius 2 is 1.67 bits per heavy atom. The molecule has 2 aromatic rings. The lowest BCUT2D eigenvalue weighted by molar-refractivity contribution is 0.0637. The van der Waals surface area contributed by atoms with Crippen molar-refractivity contribution in [1.82, 2.24) is 14.8 Å². The molecular formula is C17H19N3O3S. The smallest absolute Gasteiger partial charge is 0.410 e. The summed E-state index contributed by atoms with van der Waals surface area (Å²) in [5, 5.41) is 0.890. The minimum Gasteiger partial charge on any atom is -0.410 e. The van der Waals surface area contributed by atoms with Gasteiger partial charge in [-0.15, -0.1) is 11.3 Å². The van der Waals surface area contributed by atoms with Gasteiger partial charge in [-0.1, -0.05) is 18.2 Å². The zero-order valence-electron chi connectivity index (χ0n) is 13.7. The molecular weight excluding hydrogens is 326 g/mol. The summed E-state index contributed by atoms with van der Waals surface area (Å²) in [7, 11) is 0. The highest BCUT2D eigenvalue weighted by molar-refractivity contribution is 7.13. The summed E-state index contributed by atoms with van der Waals surface area (Å²) in [5.41, 5.74) is 0.772. The molecule has 0 aliphatic carbocycles. The monoisotopic (exact) mass is 345 g/mol. The highest BCUT2D eigenvalue weighted by atomic mass is 32.1. The third-order valence-electron chi connectivity index (χ3n) is 3.87. The summed E-state index contributed by atoms with van der Waals surface area (Å²) in [4.78, 5) is 33.1. The molecule has 2 heterocycles. The summed E-state index contributed by atoms with van der Waals surface area (Å²) < 4.78 is 5.33. The topological polar surface area (TPSA) is 62.7 Å². The van der Waals surface area contributed by atoms with Crippen LogP contribution in [0.25, 0.3) is 0 Å². The van der Waals surface area contributed by atoms with Gasteiger partial charge >= 0.3 is 6.09 Å². The van der Waals surface area contributed by atoms with E-state index in [0.29, 0.717) is 36.8 Å². The van der Waals surface area contributed by atoms with Crippen LogP contribution >= 0.6 is 11.3 Å². The van der Waals surface area contributed by atoms with Crippen LogP contribution in [0.1, 0.15) is 20.4 Å². The van der Waals surface area contributed by atoms with Gasteiger partial charge in [-0.2, -0.15) is 0 Å². The first-order chi connectivity index (χ1) is 11.5. The zero-order valence-corrected chi connectivity index (χ0v) is 14.5. The molecule has 3 rings (SSSR count). The largest absolute Gasteiger partial charge is 0.415 e. The molecule has 2 amide bonds. The van der Waals surface area contributed by atoms with Crippen molar-refractivity contribution in [2.75, 3.05) is 26.2 Å². The molecule has 1 aliphatic heterocycles. The summed E-state index contributed by atoms with van der Waals surface area (Å²) in [6.07, 6.45) is -0.377. The lowest BCUT2D eigenvalue weighted by Crippen LogP contribution is -2.51. The maximum Gasteiger partial charge on any atom is 0.415 e. The Balaban J connectivity index is 1.56. The molecule has 0 atom stereocenters. The van der Waals surface area contributed by atoms with Gasteiger partial charge in [-0.3, -0.25) is 4.79 Å². The van der Waals surface area contributed by atoms with Crippen LogP contribution in [0, 0.1) is 13.8 Å². The van der Waals surface area contributed by atoms with Crippen molar-refractivity contribution in [3.8, 4) is 5.75 Å². The fourth-order valence-corrected chi connectivity index (χ4v) is 3.51. The number of thiazole rings is 1. The van der Waals surface area contributed by atoms with Gasteiger partial charge in [0.1, 0.15) is 10.6 Å². The predicted molar refractivity (Wildman–Crippen MR) is 91.5 cm³/mol. The second-order valence-corrected chi connectivity index (χ2v) is 6.81. The molecule has 6 nitrogen and oxygen atoms in total. The van der Waals surface area contributed by atoms with Crippen molar-refractivity contribution >= 4 is 23.3 Å². The maximum atomic E-state index is 12.6. The zero-order chi connectivity index (χ0) is 17.1. The van der Waals surface area contributed by atoms with Crippen molar-refractivity contribution in [3.63, 3.8) is 0 Å². The van der Waals surface area contributed by atoms with E-state index < -0.39 is 0 Å². The minimum absolute atomic E-state index is 0.00539. The molecule has 0 spiro atoms. The van der Waals surface area contributed by atoms with Crippen LogP contribution in [0.2, 0.25) is 0 Å². The number of hydrogen-bond acceptors (Lipinski definition) is 5. The van der Waals surface area contributed by atoms with Gasteiger partial charge in [0, 0.05) is 26.2 Å². The highest BCUT2D eigenvalue weighted by Crippen LogP contribution is 2.20. The normalized spacial score (nSPS) is 14.6. The molecule has 0 unspecified atom stereocenters. The van der Waals surface area contributed by atoms with Gasteiger partial charge in [0.2, 0.25) is 0 Å². The third-order valence-corrected chi connectivity index (χ3v) is 4.93. The van der Waals surface area contributed by atoms with Crippen molar-refractivity contribution < 1.29 is 14.3 Å². The molecule has 0 radical (unpaired) electrons. The maximum absolute atomic E-state index is 12.6. The number of ether oxygens (including phenoxy) is 1. The average Bonchev–Trinajstić information content (AvgIpc) is 2.93. The molecule has 0 saturated carbocycles. The number of carbonyl (C=O) groups excluding carboxylic acids is 2. The first kappa shape index (κ1) is 16.4. The number of nitrogens with zero attached hydrogens (tertiary/aromatic N) is 3. The second kappa shape index (κ2) is 7.00. The van der Waals surface area contributed by atoms with Crippen LogP contribution in [0.3, 0.4) is 0 Å². The SMILES string of the molecule is Cc1nc(C)c(C(=O)N2CCN(C(=O)Oc3ccccc3)CC2)s1. The van der Waals surface area contributed by atoms with Crippen LogP contribution in [-0.2, 0) is 0 Å². The molecule has 1 saturated heterocycles. The van der Waals surface area contributed by atoms with Gasteiger partial charge in [0.05, 0.1) is 10.7 Å². The molecule has 1 fully saturated rings. The lowest BCUT2D eigenvalue weighted by Gasteiger charge is -2.33. The number of piperazine rings is 1. The molecule has 1 aromatic carbocycles. The summed E-state index contributed by atoms with van der Waals surface area (Å²) in [5.74, 6) is 0.519. The Morgan fingerprint density at radius 1 is 1.04 bits per heavy atom. The Hall–Kier alpha value is -2.41. The van der Waals surface area contributed by atoms with Gasteiger partial charge < -0.3 is 14.5 Å². The van der Waals surface area contributed by atoms with E-state index in [1.807, 2.05) is 32.0 Å². The van der Waals surface area contributed by atoms with Crippen molar-refractivity contribution in [1.29, 1.82) is 0 Å². The van der Waals surface area contributed by atoms with E-state index >= 15 is 0 Å². The van der Waals surface area contributed by atoms with Crippen molar-refractivity contribution in [2.45, 2.75) is 13.8 Å². The van der Waals surface area contributed by atoms with E-state index in [1.54, 1.807) is 21.9 Å². The fourth-order valence-electron chi connectivity index (χ4n) is 2.62. The van der Waals surface area contributed by atoms with E-state index in [1.165, 1.54) is 11.3 Å². The third kappa shape index (κ3) is 3.56. The number of rotatable bonds is 2. The van der Waals surface area contributed by atoms with E-state index in [2.05, 4.69) is 4.98 Å². The molecule has 24 heavy (non-hydrogen) atoms. The van der Waals surface area contributed by atoms with Crippen LogP contribution in [0.15, 0.2) is 30.3 Å². The molecule has 0 N–H and O–H groups in total. The number of aryl methyl sites for hydroxylation is 2. The van der Waals surface area contributed by atoms with E-state index in [9.17, 15) is 9.59 Å². The van der Waals surface area contributed by atoms with Gasteiger partial charge in [-0.05, 0) is 26.0 Å². The Bertz CT molecular complexity index is 737. The van der Waals surface area contributed by atoms with Crippen LogP contribution < -0.4 is 4.74 Å². The lowest BCUT2D eigenvalue weighted by atomic mass is 10.3. The number of amides is 2. The minimum atomic E-state index is -0.377. The van der Waals surface area contributed by atoms with Crippen LogP contribution in [-0.4, -0.2) is 53.0 Å². The van der Waals surface area contributed by atoms with E-state index in [-0.39, 0.29) is 12.0 Å². The first-order valence-corrected chi connectivity index (χ1v) is 8.61. The second-order valence-electron chi connectivity index (χ2n) is 5.61. The van der Waals surface area contributed by atoms with Gasteiger partial charge in [-0.25, -0.2) is 9.78 Å². The van der Waals surface area contributed by atoms with Crippen molar-refractivity contribution in [2.24, 2.45) is 0 Å². The van der Waals surface area contributed by atoms with Crippen LogP contribution in [0.4, 0.5) is 4.79 Å². The number of hydrogen-bond donors (Lipinski definition) is 0. The number of para-hydroxylation sites is 1. The average molecular weight is 345 g/mol. The van der Waals surface area contributed by atoms with Gasteiger partial charge in [0.15, 0.2) is 0 Å². The summed E-state index contributed by atoms with van der Waals surface area (Å²) in [6, 6.07) is 8.99. The van der Waals surface area contributed by atoms with Crippen molar-refractivity contribution in [3.05, 3.63) is 45.9 Å². The van der Waals surface area contributed by atoms with Crippen LogP contribution in [0.5, 0.6) is 5.75 Å². The van der Waals surface area contributed by atoms with Gasteiger partial charge in [0.25, 0.3) is 5.91 Å². The van der Waals surface area contributed by atoms with E-state index in [4.69, 9.17) is 4.74 Å². The molecule has 1 aliphatic rings. The Morgan fingerprint density at radius 3 is 2.25 bits per heavy atom. The molecule has 7 heteroatoms. The Kier molecular flexibility index (Phi) is 4.80. The summed E-state index contributed by atoms with van der Waals surface area (Å²) >= 11 is 1.42. The highest BCUT2D eigenvalue weighted by Gasteiger charge is 2.27. The molecule has 0 bridgehead atoms. The molecule has 126 valence electrons. The number of carbonyl (C=O) groups is 2. The van der Waals surface area contributed by atoms with E-state index in [0.717, 1.165) is 10.7 Å². The Labute approximate surface area is 144 Å². The fraction of sp³-hybridized carbons (Fsp3) is 0.353.